The standard InChI is InChI=1S/C12H18N2OS/c1-12(2)9-14(7-4-6-13-12)11(15)10-5-3-8-16-10/h3,5,8,13H,4,6-7,9H2,1-2H3. The van der Waals surface area contributed by atoms with Gasteiger partial charge >= 0.3 is 0 Å². The van der Waals surface area contributed by atoms with Crippen molar-refractivity contribution >= 4 is 17.2 Å². The van der Waals surface area contributed by atoms with Crippen molar-refractivity contribution in [3.63, 3.8) is 0 Å². The fourth-order valence-electron chi connectivity index (χ4n) is 2.04. The third-order valence-corrected chi connectivity index (χ3v) is 3.67. The number of amides is 1. The first kappa shape index (κ1) is 11.6. The number of rotatable bonds is 1. The maximum absolute atomic E-state index is 12.2. The minimum absolute atomic E-state index is 0.0173. The normalized spacial score (nSPS) is 20.5. The van der Waals surface area contributed by atoms with E-state index >= 15 is 0 Å². The van der Waals surface area contributed by atoms with Gasteiger partial charge in [0, 0.05) is 18.6 Å². The van der Waals surface area contributed by atoms with E-state index in [9.17, 15) is 4.79 Å². The second-order valence-electron chi connectivity index (χ2n) is 4.87. The Kier molecular flexibility index (Phi) is 3.30. The summed E-state index contributed by atoms with van der Waals surface area (Å²) in [5, 5.41) is 5.41. The Balaban J connectivity index is 2.11. The molecule has 0 radical (unpaired) electrons. The Hall–Kier alpha value is -0.870. The van der Waals surface area contributed by atoms with Crippen molar-refractivity contribution in [2.24, 2.45) is 0 Å². The van der Waals surface area contributed by atoms with Crippen LogP contribution in [0.3, 0.4) is 0 Å². The lowest BCUT2D eigenvalue weighted by molar-refractivity contribution is 0.0738. The summed E-state index contributed by atoms with van der Waals surface area (Å²) in [6.45, 7) is 6.91. The molecular weight excluding hydrogens is 220 g/mol. The minimum Gasteiger partial charge on any atom is -0.336 e. The van der Waals surface area contributed by atoms with E-state index in [1.807, 2.05) is 22.4 Å². The third-order valence-electron chi connectivity index (χ3n) is 2.81. The molecule has 16 heavy (non-hydrogen) atoms. The van der Waals surface area contributed by atoms with Gasteiger partial charge in [-0.3, -0.25) is 4.79 Å². The predicted molar refractivity (Wildman–Crippen MR) is 66.9 cm³/mol. The van der Waals surface area contributed by atoms with Gasteiger partial charge in [-0.1, -0.05) is 6.07 Å². The van der Waals surface area contributed by atoms with Crippen LogP contribution in [-0.4, -0.2) is 36.0 Å². The topological polar surface area (TPSA) is 32.3 Å². The van der Waals surface area contributed by atoms with Gasteiger partial charge in [-0.2, -0.15) is 0 Å². The zero-order valence-corrected chi connectivity index (χ0v) is 10.6. The summed E-state index contributed by atoms with van der Waals surface area (Å²) in [7, 11) is 0. The van der Waals surface area contributed by atoms with E-state index < -0.39 is 0 Å². The highest BCUT2D eigenvalue weighted by Gasteiger charge is 2.27. The van der Waals surface area contributed by atoms with E-state index in [1.54, 1.807) is 0 Å². The van der Waals surface area contributed by atoms with Gasteiger partial charge in [-0.05, 0) is 38.3 Å². The van der Waals surface area contributed by atoms with Crippen LogP contribution in [0.1, 0.15) is 29.9 Å². The second-order valence-corrected chi connectivity index (χ2v) is 5.82. The molecule has 1 N–H and O–H groups in total. The maximum Gasteiger partial charge on any atom is 0.263 e. The lowest BCUT2D eigenvalue weighted by Crippen LogP contribution is -2.47. The van der Waals surface area contributed by atoms with Crippen LogP contribution in [0.2, 0.25) is 0 Å². The van der Waals surface area contributed by atoms with E-state index in [4.69, 9.17) is 0 Å². The number of hydrogen-bond acceptors (Lipinski definition) is 3. The van der Waals surface area contributed by atoms with Crippen molar-refractivity contribution in [2.45, 2.75) is 25.8 Å². The van der Waals surface area contributed by atoms with Gasteiger partial charge in [0.2, 0.25) is 0 Å². The molecule has 88 valence electrons. The number of nitrogens with one attached hydrogen (secondary N) is 1. The minimum atomic E-state index is 0.0173. The van der Waals surface area contributed by atoms with Gasteiger partial charge in [0.05, 0.1) is 4.88 Å². The summed E-state index contributed by atoms with van der Waals surface area (Å²) in [5.74, 6) is 0.173. The maximum atomic E-state index is 12.2. The molecule has 2 rings (SSSR count). The lowest BCUT2D eigenvalue weighted by atomic mass is 10.1. The van der Waals surface area contributed by atoms with Gasteiger partial charge < -0.3 is 10.2 Å². The first-order chi connectivity index (χ1) is 7.58. The molecule has 0 aliphatic carbocycles. The summed E-state index contributed by atoms with van der Waals surface area (Å²) in [6.07, 6.45) is 1.03. The average molecular weight is 238 g/mol. The first-order valence-electron chi connectivity index (χ1n) is 5.66. The largest absolute Gasteiger partial charge is 0.336 e. The van der Waals surface area contributed by atoms with Gasteiger partial charge in [-0.25, -0.2) is 0 Å². The lowest BCUT2D eigenvalue weighted by Gasteiger charge is -2.29. The summed E-state index contributed by atoms with van der Waals surface area (Å²) in [6, 6.07) is 3.83. The summed E-state index contributed by atoms with van der Waals surface area (Å²) >= 11 is 1.52. The molecule has 4 heteroatoms. The fraction of sp³-hybridized carbons (Fsp3) is 0.583. The van der Waals surface area contributed by atoms with E-state index in [-0.39, 0.29) is 11.4 Å². The zero-order valence-electron chi connectivity index (χ0n) is 9.82. The van der Waals surface area contributed by atoms with Crippen molar-refractivity contribution in [3.8, 4) is 0 Å². The van der Waals surface area contributed by atoms with Crippen LogP contribution in [0.5, 0.6) is 0 Å². The predicted octanol–water partition coefficient (Wildman–Crippen LogP) is 1.96. The highest BCUT2D eigenvalue weighted by atomic mass is 32.1. The molecule has 3 nitrogen and oxygen atoms in total. The Labute approximate surface area is 100 Å². The molecule has 0 spiro atoms. The van der Waals surface area contributed by atoms with Gasteiger partial charge in [0.15, 0.2) is 0 Å². The van der Waals surface area contributed by atoms with E-state index in [0.29, 0.717) is 0 Å². The molecule has 1 saturated heterocycles. The Morgan fingerprint density at radius 3 is 3.06 bits per heavy atom. The van der Waals surface area contributed by atoms with Crippen LogP contribution in [-0.2, 0) is 0 Å². The number of nitrogens with zero attached hydrogens (tertiary/aromatic N) is 1. The van der Waals surface area contributed by atoms with Crippen molar-refractivity contribution in [3.05, 3.63) is 22.4 Å². The van der Waals surface area contributed by atoms with Crippen LogP contribution in [0.4, 0.5) is 0 Å². The number of carbonyl (C=O) groups excluding carboxylic acids is 1. The fourth-order valence-corrected chi connectivity index (χ4v) is 2.73. The molecule has 0 saturated carbocycles. The first-order valence-corrected chi connectivity index (χ1v) is 6.54. The van der Waals surface area contributed by atoms with E-state index in [1.165, 1.54) is 11.3 Å². The molecule has 1 aromatic heterocycles. The molecule has 0 aromatic carbocycles. The Bertz CT molecular complexity index is 359. The number of thiophene rings is 1. The highest BCUT2D eigenvalue weighted by Crippen LogP contribution is 2.16. The molecule has 0 unspecified atom stereocenters. The van der Waals surface area contributed by atoms with Crippen LogP contribution < -0.4 is 5.32 Å². The Morgan fingerprint density at radius 1 is 1.56 bits per heavy atom. The van der Waals surface area contributed by atoms with Crippen molar-refractivity contribution in [1.82, 2.24) is 10.2 Å². The zero-order chi connectivity index (χ0) is 11.6. The second kappa shape index (κ2) is 4.55. The van der Waals surface area contributed by atoms with Crippen molar-refractivity contribution in [1.29, 1.82) is 0 Å². The number of carbonyl (C=O) groups is 1. The van der Waals surface area contributed by atoms with E-state index in [2.05, 4.69) is 19.2 Å². The van der Waals surface area contributed by atoms with Gasteiger partial charge in [0.25, 0.3) is 5.91 Å². The van der Waals surface area contributed by atoms with Crippen LogP contribution in [0.25, 0.3) is 0 Å². The van der Waals surface area contributed by atoms with Crippen LogP contribution >= 0.6 is 11.3 Å². The Morgan fingerprint density at radius 2 is 2.38 bits per heavy atom. The third kappa shape index (κ3) is 2.62. The summed E-state index contributed by atoms with van der Waals surface area (Å²) in [5.41, 5.74) is 0.0173. The molecular formula is C12H18N2OS. The molecule has 0 atom stereocenters. The van der Waals surface area contributed by atoms with Gasteiger partial charge in [0.1, 0.15) is 0 Å². The quantitative estimate of drug-likeness (QED) is 0.811. The summed E-state index contributed by atoms with van der Waals surface area (Å²) < 4.78 is 0. The molecule has 1 fully saturated rings. The number of hydrogen-bond donors (Lipinski definition) is 1. The summed E-state index contributed by atoms with van der Waals surface area (Å²) in [4.78, 5) is 15.0. The average Bonchev–Trinajstić information content (AvgIpc) is 2.68. The van der Waals surface area contributed by atoms with Crippen molar-refractivity contribution < 1.29 is 4.79 Å². The van der Waals surface area contributed by atoms with Crippen LogP contribution in [0, 0.1) is 0 Å². The smallest absolute Gasteiger partial charge is 0.263 e. The monoisotopic (exact) mass is 238 g/mol. The molecule has 1 aliphatic rings. The molecule has 1 aliphatic heterocycles. The van der Waals surface area contributed by atoms with Crippen LogP contribution in [0.15, 0.2) is 17.5 Å². The van der Waals surface area contributed by atoms with Crippen molar-refractivity contribution in [2.75, 3.05) is 19.6 Å². The SMILES string of the molecule is CC1(C)CN(C(=O)c2cccs2)CCCN1. The van der Waals surface area contributed by atoms with Gasteiger partial charge in [-0.15, -0.1) is 11.3 Å². The van der Waals surface area contributed by atoms with E-state index in [0.717, 1.165) is 30.9 Å². The molecule has 1 amide bonds. The highest BCUT2D eigenvalue weighted by molar-refractivity contribution is 7.12. The molecule has 1 aromatic rings. The molecule has 2 heterocycles. The molecule has 0 bridgehead atoms.